The first-order valence-electron chi connectivity index (χ1n) is 7.61. The van der Waals surface area contributed by atoms with Gasteiger partial charge in [0.1, 0.15) is 17.4 Å². The van der Waals surface area contributed by atoms with Crippen molar-refractivity contribution in [3.8, 4) is 0 Å². The maximum absolute atomic E-state index is 12.4. The molecule has 2 aromatic rings. The number of ether oxygens (including phenoxy) is 1. The molecule has 2 aromatic heterocycles. The van der Waals surface area contributed by atoms with Crippen LogP contribution < -0.4 is 5.32 Å². The van der Waals surface area contributed by atoms with Crippen LogP contribution in [0.5, 0.6) is 0 Å². The molecule has 2 unspecified atom stereocenters. The summed E-state index contributed by atoms with van der Waals surface area (Å²) in [6.07, 6.45) is 4.94. The van der Waals surface area contributed by atoms with E-state index in [1.54, 1.807) is 10.6 Å². The Balaban J connectivity index is 1.78. The number of amides is 1. The molecule has 122 valence electrons. The summed E-state index contributed by atoms with van der Waals surface area (Å²) in [7, 11) is 0. The molecular weight excluding hydrogens is 298 g/mol. The number of carbonyl (C=O) groups excluding carboxylic acids is 1. The quantitative estimate of drug-likeness (QED) is 0.885. The molecule has 1 amide bonds. The highest BCUT2D eigenvalue weighted by Crippen LogP contribution is 2.18. The average Bonchev–Trinajstić information content (AvgIpc) is 2.96. The number of imidazole rings is 1. The topological polar surface area (TPSA) is 92.9 Å². The second-order valence-corrected chi connectivity index (χ2v) is 5.86. The second-order valence-electron chi connectivity index (χ2n) is 5.86. The van der Waals surface area contributed by atoms with Crippen molar-refractivity contribution >= 4 is 17.5 Å². The summed E-state index contributed by atoms with van der Waals surface area (Å²) >= 11 is 0. The zero-order valence-electron chi connectivity index (χ0n) is 12.9. The third-order valence-electron chi connectivity index (χ3n) is 4.07. The van der Waals surface area contributed by atoms with E-state index in [1.165, 1.54) is 0 Å². The number of aryl methyl sites for hydroxylation is 1. The summed E-state index contributed by atoms with van der Waals surface area (Å²) in [5.74, 6) is -1.75. The highest BCUT2D eigenvalue weighted by Gasteiger charge is 2.32. The third kappa shape index (κ3) is 3.34. The monoisotopic (exact) mass is 317 g/mol. The van der Waals surface area contributed by atoms with Gasteiger partial charge < -0.3 is 19.6 Å². The Labute approximate surface area is 133 Å². The van der Waals surface area contributed by atoms with Gasteiger partial charge in [0.15, 0.2) is 0 Å². The molecule has 2 N–H and O–H groups in total. The number of nitrogens with one attached hydrogen (secondary N) is 1. The van der Waals surface area contributed by atoms with Crippen LogP contribution in [-0.2, 0) is 9.53 Å². The molecular formula is C16H19N3O4. The predicted molar refractivity (Wildman–Crippen MR) is 82.4 cm³/mol. The lowest BCUT2D eigenvalue weighted by atomic mass is 9.93. The molecule has 0 saturated carbocycles. The number of carbonyl (C=O) groups is 2. The van der Waals surface area contributed by atoms with Crippen LogP contribution in [-0.4, -0.2) is 45.6 Å². The van der Waals surface area contributed by atoms with Crippen molar-refractivity contribution < 1.29 is 19.4 Å². The van der Waals surface area contributed by atoms with Crippen LogP contribution in [0.3, 0.4) is 0 Å². The lowest BCUT2D eigenvalue weighted by Crippen LogP contribution is -2.48. The maximum Gasteiger partial charge on any atom is 0.326 e. The first kappa shape index (κ1) is 15.5. The smallest absolute Gasteiger partial charge is 0.326 e. The first-order valence-corrected chi connectivity index (χ1v) is 7.61. The molecule has 1 saturated heterocycles. The number of pyridine rings is 1. The summed E-state index contributed by atoms with van der Waals surface area (Å²) in [5.41, 5.74) is 1.90. The van der Waals surface area contributed by atoms with Crippen molar-refractivity contribution in [1.29, 1.82) is 0 Å². The van der Waals surface area contributed by atoms with E-state index in [-0.39, 0.29) is 11.6 Å². The molecule has 1 aliphatic heterocycles. The van der Waals surface area contributed by atoms with Gasteiger partial charge in [-0.2, -0.15) is 0 Å². The zero-order valence-corrected chi connectivity index (χ0v) is 12.9. The highest BCUT2D eigenvalue weighted by molar-refractivity contribution is 5.95. The fraction of sp³-hybridized carbons (Fsp3) is 0.438. The van der Waals surface area contributed by atoms with Gasteiger partial charge in [-0.25, -0.2) is 9.78 Å². The number of hydrogen-bond donors (Lipinski definition) is 2. The molecule has 23 heavy (non-hydrogen) atoms. The van der Waals surface area contributed by atoms with Crippen LogP contribution in [0.1, 0.15) is 28.9 Å². The minimum absolute atomic E-state index is 0.207. The number of aliphatic carboxylic acids is 1. The normalized spacial score (nSPS) is 19.4. The molecule has 0 aromatic carbocycles. The minimum atomic E-state index is -1.05. The molecule has 7 heteroatoms. The second kappa shape index (κ2) is 6.37. The van der Waals surface area contributed by atoms with Crippen LogP contribution >= 0.6 is 0 Å². The van der Waals surface area contributed by atoms with Crippen LogP contribution in [0.2, 0.25) is 0 Å². The number of hydrogen-bond acceptors (Lipinski definition) is 4. The van der Waals surface area contributed by atoms with Gasteiger partial charge in [-0.3, -0.25) is 4.79 Å². The number of carboxylic acids is 1. The summed E-state index contributed by atoms with van der Waals surface area (Å²) < 4.78 is 7.06. The zero-order chi connectivity index (χ0) is 16.4. The highest BCUT2D eigenvalue weighted by atomic mass is 16.5. The van der Waals surface area contributed by atoms with Gasteiger partial charge in [-0.15, -0.1) is 0 Å². The van der Waals surface area contributed by atoms with E-state index in [0.29, 0.717) is 18.9 Å². The largest absolute Gasteiger partial charge is 0.480 e. The molecule has 0 aliphatic carbocycles. The fourth-order valence-electron chi connectivity index (χ4n) is 2.82. The third-order valence-corrected chi connectivity index (χ3v) is 4.07. The van der Waals surface area contributed by atoms with Gasteiger partial charge in [-0.1, -0.05) is 0 Å². The molecule has 7 nitrogen and oxygen atoms in total. The van der Waals surface area contributed by atoms with E-state index < -0.39 is 17.9 Å². The van der Waals surface area contributed by atoms with Crippen molar-refractivity contribution in [2.75, 3.05) is 13.2 Å². The van der Waals surface area contributed by atoms with E-state index >= 15 is 0 Å². The van der Waals surface area contributed by atoms with Crippen LogP contribution in [0.25, 0.3) is 5.65 Å². The molecule has 1 aliphatic rings. The SMILES string of the molecule is Cc1ccn2cc(C(=O)NC(C(=O)O)C3CCCOC3)nc2c1. The van der Waals surface area contributed by atoms with E-state index in [4.69, 9.17) is 4.74 Å². The number of nitrogens with zero attached hydrogens (tertiary/aromatic N) is 2. The molecule has 0 bridgehead atoms. The Kier molecular flexibility index (Phi) is 4.29. The van der Waals surface area contributed by atoms with Crippen molar-refractivity contribution in [2.45, 2.75) is 25.8 Å². The Morgan fingerprint density at radius 1 is 1.52 bits per heavy atom. The molecule has 1 fully saturated rings. The number of fused-ring (bicyclic) bond motifs is 1. The van der Waals surface area contributed by atoms with Crippen molar-refractivity contribution in [3.05, 3.63) is 35.8 Å². The Morgan fingerprint density at radius 3 is 3.04 bits per heavy atom. The van der Waals surface area contributed by atoms with E-state index in [2.05, 4.69) is 10.3 Å². The molecule has 0 spiro atoms. The van der Waals surface area contributed by atoms with Gasteiger partial charge in [0.25, 0.3) is 5.91 Å². The summed E-state index contributed by atoms with van der Waals surface area (Å²) in [6, 6.07) is 2.81. The number of aromatic nitrogens is 2. The maximum atomic E-state index is 12.4. The predicted octanol–water partition coefficient (Wildman–Crippen LogP) is 1.25. The van der Waals surface area contributed by atoms with Crippen LogP contribution in [0.4, 0.5) is 0 Å². The van der Waals surface area contributed by atoms with Gasteiger partial charge in [0.05, 0.1) is 6.61 Å². The van der Waals surface area contributed by atoms with Crippen molar-refractivity contribution in [1.82, 2.24) is 14.7 Å². The minimum Gasteiger partial charge on any atom is -0.480 e. The molecule has 0 radical (unpaired) electrons. The molecule has 3 heterocycles. The van der Waals surface area contributed by atoms with Gasteiger partial charge in [-0.05, 0) is 37.5 Å². The molecule has 2 atom stereocenters. The Morgan fingerprint density at radius 2 is 2.35 bits per heavy atom. The summed E-state index contributed by atoms with van der Waals surface area (Å²) in [5, 5.41) is 12.0. The van der Waals surface area contributed by atoms with E-state index in [0.717, 1.165) is 18.4 Å². The summed E-state index contributed by atoms with van der Waals surface area (Å²) in [6.45, 7) is 2.93. The van der Waals surface area contributed by atoms with E-state index in [1.807, 2.05) is 25.3 Å². The van der Waals surface area contributed by atoms with Gasteiger partial charge >= 0.3 is 5.97 Å². The van der Waals surface area contributed by atoms with Crippen molar-refractivity contribution in [2.24, 2.45) is 5.92 Å². The molecule has 3 rings (SSSR count). The summed E-state index contributed by atoms with van der Waals surface area (Å²) in [4.78, 5) is 28.1. The Hall–Kier alpha value is -2.41. The van der Waals surface area contributed by atoms with Gasteiger partial charge in [0, 0.05) is 24.9 Å². The van der Waals surface area contributed by atoms with Gasteiger partial charge in [0.2, 0.25) is 0 Å². The lowest BCUT2D eigenvalue weighted by Gasteiger charge is -2.27. The fourth-order valence-corrected chi connectivity index (χ4v) is 2.82. The van der Waals surface area contributed by atoms with Crippen LogP contribution in [0, 0.1) is 12.8 Å². The average molecular weight is 317 g/mol. The standard InChI is InChI=1S/C16H19N3O4/c1-10-4-5-19-8-12(17-13(19)7-10)15(20)18-14(16(21)22)11-3-2-6-23-9-11/h4-5,7-8,11,14H,2-3,6,9H2,1H3,(H,18,20)(H,21,22). The van der Waals surface area contributed by atoms with E-state index in [9.17, 15) is 14.7 Å². The number of carboxylic acid groups (broad SMARTS) is 1. The first-order chi connectivity index (χ1) is 11.0. The Bertz CT molecular complexity index is 734. The van der Waals surface area contributed by atoms with Crippen LogP contribution in [0.15, 0.2) is 24.5 Å². The lowest BCUT2D eigenvalue weighted by molar-refractivity contribution is -0.142. The number of rotatable bonds is 4. The van der Waals surface area contributed by atoms with Crippen molar-refractivity contribution in [3.63, 3.8) is 0 Å².